The molecule has 0 saturated heterocycles. The molecule has 10 nitrogen and oxygen atoms in total. The standard InChI is InChI=1S/C35H40N4O6/c1-19-9-11-28(45-35(5,6)34(41)42)24(15-19)17-25-16-23(10-12-27(25)43-8)31-37-32-29(26(36-7)18-39(32)38-31)33(40)44-30-21(3)13-20(2)14-22(30)4/h9-12,15-16,18,20-22,30H,13-14,17H2,1-6,8H3,(H,37,38)(H,41,42). The van der Waals surface area contributed by atoms with Gasteiger partial charge in [0.05, 0.1) is 13.7 Å². The molecule has 0 spiro atoms. The van der Waals surface area contributed by atoms with Crippen molar-refractivity contribution >= 4 is 23.3 Å². The van der Waals surface area contributed by atoms with Crippen molar-refractivity contribution < 1.29 is 28.9 Å². The number of aromatic amines is 1. The topological polar surface area (TPSA) is 120 Å². The molecule has 2 heterocycles. The number of carboxylic acids is 1. The van der Waals surface area contributed by atoms with Crippen LogP contribution in [-0.4, -0.2) is 50.5 Å². The van der Waals surface area contributed by atoms with Gasteiger partial charge in [0.15, 0.2) is 17.1 Å². The van der Waals surface area contributed by atoms with Crippen molar-refractivity contribution in [1.29, 1.82) is 0 Å². The second kappa shape index (κ2) is 12.3. The van der Waals surface area contributed by atoms with E-state index in [0.29, 0.717) is 35.3 Å². The van der Waals surface area contributed by atoms with E-state index in [9.17, 15) is 14.7 Å². The smallest absolute Gasteiger partial charge is 0.347 e. The van der Waals surface area contributed by atoms with Crippen LogP contribution < -0.4 is 9.47 Å². The Morgan fingerprint density at radius 2 is 1.76 bits per heavy atom. The normalized spacial score (nSPS) is 20.0. The number of hydrogen-bond donors (Lipinski definition) is 2. The van der Waals surface area contributed by atoms with Gasteiger partial charge in [0, 0.05) is 18.2 Å². The fourth-order valence-electron chi connectivity index (χ4n) is 6.48. The summed E-state index contributed by atoms with van der Waals surface area (Å²) in [5.41, 5.74) is 2.62. The lowest BCUT2D eigenvalue weighted by atomic mass is 9.75. The maximum Gasteiger partial charge on any atom is 0.347 e. The van der Waals surface area contributed by atoms with Gasteiger partial charge in [0.25, 0.3) is 0 Å². The van der Waals surface area contributed by atoms with E-state index >= 15 is 0 Å². The molecule has 0 bridgehead atoms. The van der Waals surface area contributed by atoms with Crippen molar-refractivity contribution in [2.24, 2.45) is 17.8 Å². The Hall–Kier alpha value is -4.78. The third-order valence-electron chi connectivity index (χ3n) is 8.67. The highest BCUT2D eigenvalue weighted by Gasteiger charge is 2.36. The molecule has 1 fully saturated rings. The number of fused-ring (bicyclic) bond motifs is 1. The summed E-state index contributed by atoms with van der Waals surface area (Å²) in [6, 6.07) is 11.3. The van der Waals surface area contributed by atoms with E-state index < -0.39 is 17.5 Å². The van der Waals surface area contributed by atoms with Crippen molar-refractivity contribution in [3.63, 3.8) is 0 Å². The van der Waals surface area contributed by atoms with Gasteiger partial charge >= 0.3 is 11.9 Å². The maximum absolute atomic E-state index is 13.5. The van der Waals surface area contributed by atoms with Gasteiger partial charge in [-0.1, -0.05) is 38.5 Å². The van der Waals surface area contributed by atoms with Crippen LogP contribution >= 0.6 is 0 Å². The third-order valence-corrected chi connectivity index (χ3v) is 8.67. The fraction of sp³-hybridized carbons (Fsp3) is 0.429. The number of nitrogens with zero attached hydrogens (tertiary/aromatic N) is 3. The van der Waals surface area contributed by atoms with E-state index in [0.717, 1.165) is 35.1 Å². The van der Waals surface area contributed by atoms with Gasteiger partial charge in [-0.15, -0.1) is 0 Å². The van der Waals surface area contributed by atoms with E-state index in [1.165, 1.54) is 13.8 Å². The molecule has 1 aliphatic rings. The van der Waals surface area contributed by atoms with E-state index in [1.54, 1.807) is 23.9 Å². The minimum absolute atomic E-state index is 0.154. The number of aryl methyl sites for hydroxylation is 1. The van der Waals surface area contributed by atoms with E-state index in [-0.39, 0.29) is 29.2 Å². The number of esters is 1. The molecule has 4 aromatic rings. The number of rotatable bonds is 9. The molecule has 0 amide bonds. The van der Waals surface area contributed by atoms with Gasteiger partial charge < -0.3 is 19.3 Å². The summed E-state index contributed by atoms with van der Waals surface area (Å²) < 4.78 is 19.2. The molecular formula is C35H40N4O6. The van der Waals surface area contributed by atoms with Gasteiger partial charge in [-0.25, -0.2) is 19.4 Å². The minimum atomic E-state index is -1.42. The summed E-state index contributed by atoms with van der Waals surface area (Å²) in [5, 5.41) is 12.8. The molecule has 236 valence electrons. The first kappa shape index (κ1) is 31.6. The zero-order valence-corrected chi connectivity index (χ0v) is 26.8. The Labute approximate surface area is 263 Å². The molecule has 2 N–H and O–H groups in total. The highest BCUT2D eigenvalue weighted by atomic mass is 16.5. The van der Waals surface area contributed by atoms with Gasteiger partial charge in [-0.3, -0.25) is 9.61 Å². The summed E-state index contributed by atoms with van der Waals surface area (Å²) in [6.07, 6.45) is 3.72. The first-order valence-electron chi connectivity index (χ1n) is 15.2. The van der Waals surface area contributed by atoms with Crippen molar-refractivity contribution in [2.75, 3.05) is 7.11 Å². The van der Waals surface area contributed by atoms with Crippen LogP contribution in [0.1, 0.15) is 74.5 Å². The number of aliphatic carboxylic acids is 1. The molecule has 2 atom stereocenters. The maximum atomic E-state index is 13.5. The number of hydrogen-bond acceptors (Lipinski definition) is 6. The predicted octanol–water partition coefficient (Wildman–Crippen LogP) is 7.26. The van der Waals surface area contributed by atoms with Crippen molar-refractivity contribution in [2.45, 2.75) is 72.5 Å². The van der Waals surface area contributed by atoms with E-state index in [1.807, 2.05) is 37.3 Å². The summed E-state index contributed by atoms with van der Waals surface area (Å²) in [4.78, 5) is 33.6. The monoisotopic (exact) mass is 612 g/mol. The van der Waals surface area contributed by atoms with Crippen molar-refractivity contribution in [3.8, 4) is 22.9 Å². The number of H-pyrrole nitrogens is 1. The summed E-state index contributed by atoms with van der Waals surface area (Å²) >= 11 is 0. The number of ether oxygens (including phenoxy) is 3. The van der Waals surface area contributed by atoms with Crippen molar-refractivity contribution in [1.82, 2.24) is 14.6 Å². The lowest BCUT2D eigenvalue weighted by molar-refractivity contribution is -0.152. The summed E-state index contributed by atoms with van der Waals surface area (Å²) in [5.74, 6) is 1.05. The molecule has 1 saturated carbocycles. The molecule has 0 aliphatic heterocycles. The molecule has 2 aromatic heterocycles. The van der Waals surface area contributed by atoms with Gasteiger partial charge in [-0.05, 0) is 86.8 Å². The lowest BCUT2D eigenvalue weighted by Gasteiger charge is -2.37. The average Bonchev–Trinajstić information content (AvgIpc) is 3.54. The van der Waals surface area contributed by atoms with Gasteiger partial charge in [-0.2, -0.15) is 0 Å². The zero-order valence-electron chi connectivity index (χ0n) is 26.8. The van der Waals surface area contributed by atoms with Crippen LogP contribution in [-0.2, 0) is 16.0 Å². The number of benzene rings is 2. The van der Waals surface area contributed by atoms with Crippen LogP contribution in [0.3, 0.4) is 0 Å². The van der Waals surface area contributed by atoms with E-state index in [4.69, 9.17) is 25.8 Å². The minimum Gasteiger partial charge on any atom is -0.496 e. The van der Waals surface area contributed by atoms with Crippen LogP contribution in [0.15, 0.2) is 42.6 Å². The van der Waals surface area contributed by atoms with Crippen LogP contribution in [0.25, 0.3) is 21.9 Å². The largest absolute Gasteiger partial charge is 0.496 e. The number of aromatic nitrogens is 3. The molecule has 1 aliphatic carbocycles. The van der Waals surface area contributed by atoms with E-state index in [2.05, 4.69) is 30.7 Å². The molecule has 45 heavy (non-hydrogen) atoms. The highest BCUT2D eigenvalue weighted by molar-refractivity contribution is 6.03. The molecule has 0 radical (unpaired) electrons. The van der Waals surface area contributed by atoms with Crippen LogP contribution in [0.2, 0.25) is 0 Å². The second-order valence-electron chi connectivity index (χ2n) is 12.9. The molecule has 10 heteroatoms. The fourth-order valence-corrected chi connectivity index (χ4v) is 6.48. The predicted molar refractivity (Wildman–Crippen MR) is 170 cm³/mol. The highest BCUT2D eigenvalue weighted by Crippen LogP contribution is 2.37. The Morgan fingerprint density at radius 3 is 2.40 bits per heavy atom. The van der Waals surface area contributed by atoms with Gasteiger partial charge in [0.1, 0.15) is 23.2 Å². The molecular weight excluding hydrogens is 572 g/mol. The first-order chi connectivity index (χ1) is 21.3. The summed E-state index contributed by atoms with van der Waals surface area (Å²) in [7, 11) is 1.59. The Kier molecular flexibility index (Phi) is 8.66. The number of nitrogens with one attached hydrogen (secondary N) is 1. The molecule has 5 rings (SSSR count). The van der Waals surface area contributed by atoms with Crippen molar-refractivity contribution in [3.05, 3.63) is 76.3 Å². The molecule has 2 unspecified atom stereocenters. The lowest BCUT2D eigenvalue weighted by Crippen LogP contribution is -2.38. The van der Waals surface area contributed by atoms with Crippen LogP contribution in [0.5, 0.6) is 11.5 Å². The number of methoxy groups -OCH3 is 1. The Bertz CT molecular complexity index is 1780. The summed E-state index contributed by atoms with van der Waals surface area (Å²) in [6.45, 7) is 19.1. The Balaban J connectivity index is 1.48. The SMILES string of the molecule is [C-]#[N+]c1cn2[nH]c(-c3ccc(OC)c(Cc4cc(C)ccc4OC(C)(C)C(=O)O)c3)nc2c1C(=O)OC1C(C)CC(C)CC1C. The third kappa shape index (κ3) is 6.39. The van der Waals surface area contributed by atoms with Crippen LogP contribution in [0, 0.1) is 31.2 Å². The van der Waals surface area contributed by atoms with Gasteiger partial charge in [0.2, 0.25) is 5.69 Å². The Morgan fingerprint density at radius 1 is 1.09 bits per heavy atom. The first-order valence-corrected chi connectivity index (χ1v) is 15.2. The second-order valence-corrected chi connectivity index (χ2v) is 12.9. The zero-order chi connectivity index (χ0) is 32.6. The molecule has 2 aromatic carbocycles. The number of carboxylic acid groups (broad SMARTS) is 1. The number of carbonyl (C=O) groups is 2. The number of carbonyl (C=O) groups excluding carboxylic acids is 1. The quantitative estimate of drug-likeness (QED) is 0.151. The van der Waals surface area contributed by atoms with Crippen LogP contribution in [0.4, 0.5) is 5.69 Å². The average molecular weight is 613 g/mol.